The van der Waals surface area contributed by atoms with Gasteiger partial charge in [-0.1, -0.05) is 0 Å². The maximum absolute atomic E-state index is 11.9. The van der Waals surface area contributed by atoms with E-state index in [4.69, 9.17) is 5.26 Å². The standard InChI is InChI=1S/C11H13N3O2/c1-8(2)14(6-5-12)11(16)9-3-4-10(15)13-7-9/h3-4,7-8H,6H2,1-2H3,(H,13,15). The van der Waals surface area contributed by atoms with E-state index in [1.807, 2.05) is 19.9 Å². The molecule has 0 saturated carbocycles. The van der Waals surface area contributed by atoms with E-state index in [9.17, 15) is 9.59 Å². The highest BCUT2D eigenvalue weighted by Crippen LogP contribution is 2.05. The number of carbonyl (C=O) groups excluding carboxylic acids is 1. The molecule has 16 heavy (non-hydrogen) atoms. The lowest BCUT2D eigenvalue weighted by molar-refractivity contribution is 0.0731. The van der Waals surface area contributed by atoms with Crippen LogP contribution < -0.4 is 5.56 Å². The molecule has 1 amide bonds. The number of hydrogen-bond acceptors (Lipinski definition) is 3. The van der Waals surface area contributed by atoms with Crippen LogP contribution in [0.5, 0.6) is 0 Å². The Balaban J connectivity index is 2.95. The van der Waals surface area contributed by atoms with Crippen LogP contribution in [-0.4, -0.2) is 28.4 Å². The Kier molecular flexibility index (Phi) is 3.84. The van der Waals surface area contributed by atoms with E-state index >= 15 is 0 Å². The molecule has 1 aromatic rings. The number of nitrogens with one attached hydrogen (secondary N) is 1. The molecule has 0 unspecified atom stereocenters. The van der Waals surface area contributed by atoms with Gasteiger partial charge in [0.05, 0.1) is 11.6 Å². The Morgan fingerprint density at radius 2 is 2.25 bits per heavy atom. The van der Waals surface area contributed by atoms with Gasteiger partial charge < -0.3 is 9.88 Å². The number of carbonyl (C=O) groups is 1. The van der Waals surface area contributed by atoms with Gasteiger partial charge in [0, 0.05) is 18.3 Å². The summed E-state index contributed by atoms with van der Waals surface area (Å²) in [5.74, 6) is -0.257. The molecule has 5 nitrogen and oxygen atoms in total. The van der Waals surface area contributed by atoms with E-state index in [0.717, 1.165) is 0 Å². The zero-order valence-electron chi connectivity index (χ0n) is 9.23. The number of amides is 1. The molecule has 0 aliphatic heterocycles. The van der Waals surface area contributed by atoms with Gasteiger partial charge in [-0.05, 0) is 19.9 Å². The SMILES string of the molecule is CC(C)N(CC#N)C(=O)c1ccc(=O)[nH]c1. The molecule has 84 valence electrons. The second-order valence-electron chi connectivity index (χ2n) is 3.63. The number of aromatic nitrogens is 1. The highest BCUT2D eigenvalue weighted by Gasteiger charge is 2.18. The summed E-state index contributed by atoms with van der Waals surface area (Å²) in [7, 11) is 0. The highest BCUT2D eigenvalue weighted by molar-refractivity contribution is 5.94. The third kappa shape index (κ3) is 2.70. The van der Waals surface area contributed by atoms with Crippen molar-refractivity contribution in [3.8, 4) is 6.07 Å². The zero-order valence-corrected chi connectivity index (χ0v) is 9.23. The number of rotatable bonds is 3. The van der Waals surface area contributed by atoms with Crippen LogP contribution in [0.15, 0.2) is 23.1 Å². The normalized spacial score (nSPS) is 9.88. The molecular formula is C11H13N3O2. The van der Waals surface area contributed by atoms with Crippen molar-refractivity contribution in [1.29, 1.82) is 5.26 Å². The largest absolute Gasteiger partial charge is 0.328 e. The average molecular weight is 219 g/mol. The van der Waals surface area contributed by atoms with Crippen molar-refractivity contribution in [1.82, 2.24) is 9.88 Å². The van der Waals surface area contributed by atoms with Crippen LogP contribution in [0.3, 0.4) is 0 Å². The summed E-state index contributed by atoms with van der Waals surface area (Å²) in [4.78, 5) is 26.7. The average Bonchev–Trinajstić information content (AvgIpc) is 2.25. The molecular weight excluding hydrogens is 206 g/mol. The monoisotopic (exact) mass is 219 g/mol. The van der Waals surface area contributed by atoms with Crippen molar-refractivity contribution in [2.24, 2.45) is 0 Å². The molecule has 0 spiro atoms. The second-order valence-corrected chi connectivity index (χ2v) is 3.63. The minimum Gasteiger partial charge on any atom is -0.328 e. The van der Waals surface area contributed by atoms with Crippen molar-refractivity contribution in [3.05, 3.63) is 34.2 Å². The van der Waals surface area contributed by atoms with Crippen LogP contribution in [0.1, 0.15) is 24.2 Å². The van der Waals surface area contributed by atoms with E-state index in [1.54, 1.807) is 0 Å². The fourth-order valence-corrected chi connectivity index (χ4v) is 1.27. The Bertz CT molecular complexity index is 450. The smallest absolute Gasteiger partial charge is 0.256 e. The lowest BCUT2D eigenvalue weighted by atomic mass is 10.2. The second kappa shape index (κ2) is 5.12. The summed E-state index contributed by atoms with van der Waals surface area (Å²) in [5.41, 5.74) is 0.122. The van der Waals surface area contributed by atoms with Gasteiger partial charge in [0.25, 0.3) is 5.91 Å². The summed E-state index contributed by atoms with van der Waals surface area (Å²) in [6.07, 6.45) is 1.36. The topological polar surface area (TPSA) is 77.0 Å². The molecule has 1 rings (SSSR count). The van der Waals surface area contributed by atoms with E-state index in [1.165, 1.54) is 23.2 Å². The Morgan fingerprint density at radius 3 is 2.69 bits per heavy atom. The number of hydrogen-bond donors (Lipinski definition) is 1. The summed E-state index contributed by atoms with van der Waals surface area (Å²) in [5, 5.41) is 8.62. The van der Waals surface area contributed by atoms with Crippen molar-refractivity contribution in [2.45, 2.75) is 19.9 Å². The van der Waals surface area contributed by atoms with Gasteiger partial charge >= 0.3 is 0 Å². The first-order valence-corrected chi connectivity index (χ1v) is 4.93. The number of nitrogens with zero attached hydrogens (tertiary/aromatic N) is 2. The lowest BCUT2D eigenvalue weighted by Crippen LogP contribution is -2.37. The molecule has 0 saturated heterocycles. The van der Waals surface area contributed by atoms with Gasteiger partial charge in [-0.15, -0.1) is 0 Å². The van der Waals surface area contributed by atoms with Gasteiger partial charge in [-0.25, -0.2) is 0 Å². The molecule has 0 aliphatic carbocycles. The summed E-state index contributed by atoms with van der Waals surface area (Å²) >= 11 is 0. The van der Waals surface area contributed by atoms with Crippen LogP contribution in [0.4, 0.5) is 0 Å². The summed E-state index contributed by atoms with van der Waals surface area (Å²) in [6.45, 7) is 3.71. The molecule has 0 aliphatic rings. The van der Waals surface area contributed by atoms with Crippen LogP contribution in [0, 0.1) is 11.3 Å². The maximum Gasteiger partial charge on any atom is 0.256 e. The molecule has 0 fully saturated rings. The Morgan fingerprint density at radius 1 is 1.56 bits per heavy atom. The van der Waals surface area contributed by atoms with E-state index in [0.29, 0.717) is 5.56 Å². The zero-order chi connectivity index (χ0) is 12.1. The summed E-state index contributed by atoms with van der Waals surface area (Å²) in [6, 6.07) is 4.63. The molecule has 1 N–H and O–H groups in total. The van der Waals surface area contributed by atoms with Crippen LogP contribution in [0.2, 0.25) is 0 Å². The Hall–Kier alpha value is -2.09. The molecule has 5 heteroatoms. The quantitative estimate of drug-likeness (QED) is 0.762. The first-order chi connectivity index (χ1) is 7.56. The van der Waals surface area contributed by atoms with Gasteiger partial charge in [-0.3, -0.25) is 9.59 Å². The van der Waals surface area contributed by atoms with Crippen LogP contribution >= 0.6 is 0 Å². The van der Waals surface area contributed by atoms with Gasteiger partial charge in [0.15, 0.2) is 0 Å². The predicted octanol–water partition coefficient (Wildman–Crippen LogP) is 0.749. The third-order valence-electron chi connectivity index (χ3n) is 2.16. The molecule has 0 bridgehead atoms. The first kappa shape index (κ1) is 12.0. The van der Waals surface area contributed by atoms with Crippen molar-refractivity contribution < 1.29 is 4.79 Å². The minimum absolute atomic E-state index is 0.0373. The number of pyridine rings is 1. The van der Waals surface area contributed by atoms with Gasteiger partial charge in [-0.2, -0.15) is 5.26 Å². The third-order valence-corrected chi connectivity index (χ3v) is 2.16. The van der Waals surface area contributed by atoms with Crippen molar-refractivity contribution in [2.75, 3.05) is 6.54 Å². The maximum atomic E-state index is 11.9. The van der Waals surface area contributed by atoms with Crippen molar-refractivity contribution >= 4 is 5.91 Å². The number of aromatic amines is 1. The lowest BCUT2D eigenvalue weighted by Gasteiger charge is -2.23. The molecule has 0 atom stereocenters. The van der Waals surface area contributed by atoms with Gasteiger partial charge in [0.1, 0.15) is 6.54 Å². The first-order valence-electron chi connectivity index (χ1n) is 4.93. The summed E-state index contributed by atoms with van der Waals surface area (Å²) < 4.78 is 0. The number of H-pyrrole nitrogens is 1. The van der Waals surface area contributed by atoms with Crippen LogP contribution in [-0.2, 0) is 0 Å². The minimum atomic E-state index is -0.257. The van der Waals surface area contributed by atoms with E-state index < -0.39 is 0 Å². The van der Waals surface area contributed by atoms with E-state index in [-0.39, 0.29) is 24.1 Å². The van der Waals surface area contributed by atoms with Gasteiger partial charge in [0.2, 0.25) is 5.56 Å². The molecule has 1 heterocycles. The van der Waals surface area contributed by atoms with Crippen LogP contribution in [0.25, 0.3) is 0 Å². The number of nitriles is 1. The molecule has 0 aromatic carbocycles. The van der Waals surface area contributed by atoms with E-state index in [2.05, 4.69) is 4.98 Å². The molecule has 1 aromatic heterocycles. The Labute approximate surface area is 93.3 Å². The fourth-order valence-electron chi connectivity index (χ4n) is 1.27. The molecule has 0 radical (unpaired) electrons. The highest BCUT2D eigenvalue weighted by atomic mass is 16.2. The van der Waals surface area contributed by atoms with Crippen molar-refractivity contribution in [3.63, 3.8) is 0 Å². The predicted molar refractivity (Wildman–Crippen MR) is 58.8 cm³/mol. The fraction of sp³-hybridized carbons (Fsp3) is 0.364.